The van der Waals surface area contributed by atoms with Crippen LogP contribution in [0.3, 0.4) is 0 Å². The van der Waals surface area contributed by atoms with E-state index in [2.05, 4.69) is 49.5 Å². The molecule has 2 aromatic carbocycles. The van der Waals surface area contributed by atoms with Crippen LogP contribution in [0.1, 0.15) is 28.7 Å². The van der Waals surface area contributed by atoms with Gasteiger partial charge < -0.3 is 9.16 Å². The van der Waals surface area contributed by atoms with Gasteiger partial charge >= 0.3 is 5.97 Å². The zero-order chi connectivity index (χ0) is 17.6. The predicted octanol–water partition coefficient (Wildman–Crippen LogP) is 4.51. The molecule has 0 amide bonds. The maximum Gasteiger partial charge on any atom is 0.310 e. The highest BCUT2D eigenvalue weighted by Crippen LogP contribution is 2.56. The maximum absolute atomic E-state index is 12.9. The number of carbonyl (C=O) groups is 1. The quantitative estimate of drug-likeness (QED) is 0.589. The van der Waals surface area contributed by atoms with Crippen LogP contribution in [0.4, 0.5) is 0 Å². The molecule has 0 N–H and O–H groups in total. The predicted molar refractivity (Wildman–Crippen MR) is 99.8 cm³/mol. The molecule has 2 aliphatic rings. The molecule has 1 aliphatic carbocycles. The monoisotopic (exact) mass is 352 g/mol. The summed E-state index contributed by atoms with van der Waals surface area (Å²) in [6.07, 6.45) is 0.0157. The van der Waals surface area contributed by atoms with Crippen molar-refractivity contribution in [2.75, 3.05) is 7.11 Å². The summed E-state index contributed by atoms with van der Waals surface area (Å²) in [5.74, 6) is -0.0953. The van der Waals surface area contributed by atoms with E-state index >= 15 is 0 Å². The van der Waals surface area contributed by atoms with Crippen molar-refractivity contribution in [2.24, 2.45) is 11.8 Å². The van der Waals surface area contributed by atoms with E-state index in [1.54, 1.807) is 0 Å². The summed E-state index contributed by atoms with van der Waals surface area (Å²) < 4.78 is 11.8. The Morgan fingerprint density at radius 2 is 1.68 bits per heavy atom. The number of carbonyl (C=O) groups excluding carboxylic acids is 1. The van der Waals surface area contributed by atoms with Gasteiger partial charge in [0, 0.05) is 11.8 Å². The van der Waals surface area contributed by atoms with Crippen molar-refractivity contribution in [1.82, 2.24) is 0 Å². The summed E-state index contributed by atoms with van der Waals surface area (Å²) in [7, 11) is -0.277. The van der Waals surface area contributed by atoms with Gasteiger partial charge in [0.25, 0.3) is 0 Å². The largest absolute Gasteiger partial charge is 0.469 e. The summed E-state index contributed by atoms with van der Waals surface area (Å²) >= 11 is 0. The summed E-state index contributed by atoms with van der Waals surface area (Å²) in [5, 5.41) is 0. The smallest absolute Gasteiger partial charge is 0.310 e. The van der Waals surface area contributed by atoms with Gasteiger partial charge in [-0.1, -0.05) is 54.6 Å². The SMILES string of the molecule is COC(=O)C1[C@H](c2ccccc2)c2ccccc2[C@H]2O[Si](C)(C)C[C@@H]12. The van der Waals surface area contributed by atoms with Gasteiger partial charge in [-0.05, 0) is 35.8 Å². The van der Waals surface area contributed by atoms with Gasteiger partial charge in [0.15, 0.2) is 8.32 Å². The lowest BCUT2D eigenvalue weighted by Gasteiger charge is -2.39. The van der Waals surface area contributed by atoms with Crippen LogP contribution < -0.4 is 0 Å². The molecule has 4 atom stereocenters. The molecular formula is C21H24O3Si. The van der Waals surface area contributed by atoms with Crippen LogP contribution >= 0.6 is 0 Å². The highest BCUT2D eigenvalue weighted by atomic mass is 28.4. The lowest BCUT2D eigenvalue weighted by Crippen LogP contribution is -2.37. The standard InChI is InChI=1S/C21H24O3Si/c1-23-21(22)19-17-13-25(2,3)24-20(17)16-12-8-7-11-15(16)18(19)14-9-5-4-6-10-14/h4-12,17-20H,13H2,1-3H3/t17-,18+,19?,20+/m0/s1. The molecule has 130 valence electrons. The van der Waals surface area contributed by atoms with E-state index in [0.29, 0.717) is 0 Å². The summed E-state index contributed by atoms with van der Waals surface area (Å²) in [4.78, 5) is 12.9. The molecule has 4 rings (SSSR count). The van der Waals surface area contributed by atoms with Crippen molar-refractivity contribution in [3.8, 4) is 0 Å². The second-order valence-corrected chi connectivity index (χ2v) is 11.9. The third kappa shape index (κ3) is 2.73. The Morgan fingerprint density at radius 3 is 2.36 bits per heavy atom. The number of ether oxygens (including phenoxy) is 1. The van der Waals surface area contributed by atoms with Gasteiger partial charge in [-0.3, -0.25) is 4.79 Å². The van der Waals surface area contributed by atoms with Crippen LogP contribution in [0.5, 0.6) is 0 Å². The zero-order valence-electron chi connectivity index (χ0n) is 14.9. The first-order chi connectivity index (χ1) is 12.0. The minimum absolute atomic E-state index is 0.0157. The second-order valence-electron chi connectivity index (χ2n) is 7.73. The van der Waals surface area contributed by atoms with E-state index in [1.165, 1.54) is 23.8 Å². The first-order valence-electron chi connectivity index (χ1n) is 8.91. The molecule has 0 radical (unpaired) electrons. The van der Waals surface area contributed by atoms with Gasteiger partial charge in [-0.15, -0.1) is 0 Å². The Labute approximate surface area is 150 Å². The molecule has 1 heterocycles. The van der Waals surface area contributed by atoms with Crippen molar-refractivity contribution in [3.05, 3.63) is 71.3 Å². The van der Waals surface area contributed by atoms with E-state index < -0.39 is 8.32 Å². The van der Waals surface area contributed by atoms with Gasteiger partial charge in [0.1, 0.15) is 0 Å². The van der Waals surface area contributed by atoms with Crippen LogP contribution in [0.2, 0.25) is 19.1 Å². The Bertz CT molecular complexity index is 787. The van der Waals surface area contributed by atoms with E-state index in [-0.39, 0.29) is 29.8 Å². The molecule has 1 aliphatic heterocycles. The number of esters is 1. The second kappa shape index (κ2) is 6.11. The van der Waals surface area contributed by atoms with E-state index in [4.69, 9.17) is 9.16 Å². The molecule has 1 fully saturated rings. The minimum Gasteiger partial charge on any atom is -0.469 e. The van der Waals surface area contributed by atoms with Crippen molar-refractivity contribution < 1.29 is 14.0 Å². The average Bonchev–Trinajstić information content (AvgIpc) is 2.95. The minimum atomic E-state index is -1.78. The van der Waals surface area contributed by atoms with Crippen LogP contribution in [-0.2, 0) is 14.0 Å². The highest BCUT2D eigenvalue weighted by molar-refractivity contribution is 6.71. The van der Waals surface area contributed by atoms with Gasteiger partial charge in [0.05, 0.1) is 19.1 Å². The number of fused-ring (bicyclic) bond motifs is 3. The van der Waals surface area contributed by atoms with Crippen molar-refractivity contribution in [3.63, 3.8) is 0 Å². The first kappa shape index (κ1) is 16.5. The van der Waals surface area contributed by atoms with E-state index in [9.17, 15) is 4.79 Å². The van der Waals surface area contributed by atoms with Crippen molar-refractivity contribution >= 4 is 14.3 Å². The molecule has 0 aromatic heterocycles. The number of hydrogen-bond donors (Lipinski definition) is 0. The Morgan fingerprint density at radius 1 is 1.04 bits per heavy atom. The average molecular weight is 353 g/mol. The molecule has 1 unspecified atom stereocenters. The summed E-state index contributed by atoms with van der Waals surface area (Å²) in [5.41, 5.74) is 3.63. The Balaban J connectivity index is 1.92. The molecule has 4 heteroatoms. The van der Waals surface area contributed by atoms with E-state index in [1.807, 2.05) is 18.2 Å². The molecule has 0 saturated carbocycles. The van der Waals surface area contributed by atoms with Crippen LogP contribution in [0.25, 0.3) is 0 Å². The van der Waals surface area contributed by atoms with Crippen LogP contribution in [0.15, 0.2) is 54.6 Å². The third-order valence-electron chi connectivity index (χ3n) is 5.65. The zero-order valence-corrected chi connectivity index (χ0v) is 15.9. The first-order valence-corrected chi connectivity index (χ1v) is 12.0. The molecule has 3 nitrogen and oxygen atoms in total. The molecule has 25 heavy (non-hydrogen) atoms. The number of hydrogen-bond acceptors (Lipinski definition) is 3. The number of methoxy groups -OCH3 is 1. The van der Waals surface area contributed by atoms with Gasteiger partial charge in [-0.25, -0.2) is 0 Å². The fraction of sp³-hybridized carbons (Fsp3) is 0.381. The molecule has 1 saturated heterocycles. The van der Waals surface area contributed by atoms with E-state index in [0.717, 1.165) is 6.04 Å². The van der Waals surface area contributed by atoms with Gasteiger partial charge in [-0.2, -0.15) is 0 Å². The van der Waals surface area contributed by atoms with Gasteiger partial charge in [0.2, 0.25) is 0 Å². The van der Waals surface area contributed by atoms with Crippen molar-refractivity contribution in [2.45, 2.75) is 31.2 Å². The molecule has 0 bridgehead atoms. The fourth-order valence-corrected chi connectivity index (χ4v) is 7.44. The lowest BCUT2D eigenvalue weighted by atomic mass is 9.66. The fourth-order valence-electron chi connectivity index (χ4n) is 4.75. The van der Waals surface area contributed by atoms with Crippen LogP contribution in [0, 0.1) is 11.8 Å². The highest BCUT2D eigenvalue weighted by Gasteiger charge is 2.54. The van der Waals surface area contributed by atoms with Crippen molar-refractivity contribution in [1.29, 1.82) is 0 Å². The summed E-state index contributed by atoms with van der Waals surface area (Å²) in [6.45, 7) is 4.50. The molecular weight excluding hydrogens is 328 g/mol. The third-order valence-corrected chi connectivity index (χ3v) is 8.00. The Hall–Kier alpha value is -1.91. The lowest BCUT2D eigenvalue weighted by molar-refractivity contribution is -0.149. The number of benzene rings is 2. The summed E-state index contributed by atoms with van der Waals surface area (Å²) in [6, 6.07) is 19.8. The topological polar surface area (TPSA) is 35.5 Å². The Kier molecular flexibility index (Phi) is 4.05. The molecule has 2 aromatic rings. The maximum atomic E-state index is 12.9. The number of rotatable bonds is 2. The normalized spacial score (nSPS) is 29.6. The van der Waals surface area contributed by atoms with Crippen LogP contribution in [-0.4, -0.2) is 21.4 Å². The molecule has 0 spiro atoms.